The number of rotatable bonds is 3. The van der Waals surface area contributed by atoms with Crippen LogP contribution in [0.2, 0.25) is 0 Å². The Balaban J connectivity index is 1.43. The van der Waals surface area contributed by atoms with Gasteiger partial charge in [0.2, 0.25) is 0 Å². The van der Waals surface area contributed by atoms with Crippen molar-refractivity contribution in [3.05, 3.63) is 59.4 Å². The highest BCUT2D eigenvalue weighted by molar-refractivity contribution is 6.05. The fourth-order valence-corrected chi connectivity index (χ4v) is 3.57. The number of nitrogens with one attached hydrogen (secondary N) is 1. The lowest BCUT2D eigenvalue weighted by molar-refractivity contribution is -0.181. The van der Waals surface area contributed by atoms with Gasteiger partial charge in [0.1, 0.15) is 0 Å². The normalized spacial score (nSPS) is 17.7. The summed E-state index contributed by atoms with van der Waals surface area (Å²) in [6.07, 6.45) is 4.12. The SMILES string of the molecule is N#Cc1cccc(NC(=O)c2cncc(C(=O)N3CCC4(CC3)OCCO4)c2)c1. The molecule has 1 aromatic carbocycles. The maximum Gasteiger partial charge on any atom is 0.257 e. The van der Waals surface area contributed by atoms with Crippen LogP contribution in [0.15, 0.2) is 42.7 Å². The largest absolute Gasteiger partial charge is 0.347 e. The van der Waals surface area contributed by atoms with Crippen LogP contribution in [0, 0.1) is 11.3 Å². The second kappa shape index (κ2) is 7.99. The minimum atomic E-state index is -0.547. The number of aromatic nitrogens is 1. The van der Waals surface area contributed by atoms with Gasteiger partial charge in [-0.15, -0.1) is 0 Å². The van der Waals surface area contributed by atoms with E-state index in [1.54, 1.807) is 29.2 Å². The summed E-state index contributed by atoms with van der Waals surface area (Å²) in [5, 5.41) is 11.7. The second-order valence-corrected chi connectivity index (χ2v) is 7.01. The van der Waals surface area contributed by atoms with Crippen LogP contribution in [-0.4, -0.2) is 53.8 Å². The number of nitriles is 1. The molecule has 1 spiro atoms. The van der Waals surface area contributed by atoms with E-state index in [-0.39, 0.29) is 11.5 Å². The molecule has 0 atom stereocenters. The maximum atomic E-state index is 12.9. The molecule has 0 saturated carbocycles. The smallest absolute Gasteiger partial charge is 0.257 e. The number of anilines is 1. The van der Waals surface area contributed by atoms with E-state index < -0.39 is 11.7 Å². The van der Waals surface area contributed by atoms with Crippen LogP contribution in [0.3, 0.4) is 0 Å². The van der Waals surface area contributed by atoms with Crippen molar-refractivity contribution >= 4 is 17.5 Å². The van der Waals surface area contributed by atoms with Crippen molar-refractivity contribution in [2.24, 2.45) is 0 Å². The van der Waals surface area contributed by atoms with Crippen LogP contribution in [-0.2, 0) is 9.47 Å². The van der Waals surface area contributed by atoms with Crippen molar-refractivity contribution in [3.8, 4) is 6.07 Å². The average Bonchev–Trinajstić information content (AvgIpc) is 3.22. The van der Waals surface area contributed by atoms with E-state index in [1.165, 1.54) is 18.5 Å². The predicted octanol–water partition coefficient (Wildman–Crippen LogP) is 2.18. The van der Waals surface area contributed by atoms with Crippen molar-refractivity contribution in [2.75, 3.05) is 31.6 Å². The molecule has 4 rings (SSSR count). The molecule has 1 N–H and O–H groups in total. The summed E-state index contributed by atoms with van der Waals surface area (Å²) in [5.74, 6) is -1.12. The molecule has 2 aliphatic rings. The highest BCUT2D eigenvalue weighted by Gasteiger charge is 2.40. The summed E-state index contributed by atoms with van der Waals surface area (Å²) < 4.78 is 11.4. The van der Waals surface area contributed by atoms with Crippen LogP contribution < -0.4 is 5.32 Å². The monoisotopic (exact) mass is 392 g/mol. The molecule has 8 nitrogen and oxygen atoms in total. The molecule has 2 aliphatic heterocycles. The molecule has 0 aliphatic carbocycles. The summed E-state index contributed by atoms with van der Waals surface area (Å²) in [6, 6.07) is 10.2. The Morgan fingerprint density at radius 3 is 2.55 bits per heavy atom. The maximum absolute atomic E-state index is 12.9. The van der Waals surface area contributed by atoms with Gasteiger partial charge < -0.3 is 19.7 Å². The molecule has 2 amide bonds. The molecular weight excluding hydrogens is 372 g/mol. The van der Waals surface area contributed by atoms with Crippen molar-refractivity contribution in [2.45, 2.75) is 18.6 Å². The Kier molecular flexibility index (Phi) is 5.25. The lowest BCUT2D eigenvalue weighted by atomic mass is 10.0. The van der Waals surface area contributed by atoms with Gasteiger partial charge in [0.25, 0.3) is 11.8 Å². The highest BCUT2D eigenvalue weighted by Crippen LogP contribution is 2.31. The number of likely N-dealkylation sites (tertiary alicyclic amines) is 1. The molecule has 2 fully saturated rings. The van der Waals surface area contributed by atoms with Crippen LogP contribution in [0.25, 0.3) is 0 Å². The van der Waals surface area contributed by atoms with E-state index >= 15 is 0 Å². The number of hydrogen-bond donors (Lipinski definition) is 1. The predicted molar refractivity (Wildman–Crippen MR) is 103 cm³/mol. The first kappa shape index (κ1) is 19.1. The number of carbonyl (C=O) groups excluding carboxylic acids is 2. The zero-order valence-electron chi connectivity index (χ0n) is 15.8. The number of amides is 2. The topological polar surface area (TPSA) is 105 Å². The van der Waals surface area contributed by atoms with Crippen LogP contribution in [0.4, 0.5) is 5.69 Å². The Labute approximate surface area is 168 Å². The molecule has 1 aromatic heterocycles. The molecule has 0 radical (unpaired) electrons. The van der Waals surface area contributed by atoms with Gasteiger partial charge in [-0.2, -0.15) is 5.26 Å². The first-order valence-electron chi connectivity index (χ1n) is 9.42. The van der Waals surface area contributed by atoms with E-state index in [0.29, 0.717) is 56.0 Å². The number of piperidine rings is 1. The second-order valence-electron chi connectivity index (χ2n) is 7.01. The number of pyridine rings is 1. The van der Waals surface area contributed by atoms with E-state index in [4.69, 9.17) is 14.7 Å². The lowest BCUT2D eigenvalue weighted by Gasteiger charge is -2.37. The molecule has 148 valence electrons. The fraction of sp³-hybridized carbons (Fsp3) is 0.333. The van der Waals surface area contributed by atoms with Gasteiger partial charge in [0, 0.05) is 44.0 Å². The van der Waals surface area contributed by atoms with E-state index in [1.807, 2.05) is 6.07 Å². The summed E-state index contributed by atoms with van der Waals surface area (Å²) in [5.41, 5.74) is 1.58. The number of nitrogens with zero attached hydrogens (tertiary/aromatic N) is 3. The minimum absolute atomic E-state index is 0.175. The number of carbonyl (C=O) groups is 2. The molecule has 3 heterocycles. The quantitative estimate of drug-likeness (QED) is 0.859. The number of hydrogen-bond acceptors (Lipinski definition) is 6. The summed E-state index contributed by atoms with van der Waals surface area (Å²) >= 11 is 0. The van der Waals surface area contributed by atoms with Gasteiger partial charge in [-0.25, -0.2) is 0 Å². The van der Waals surface area contributed by atoms with Crippen molar-refractivity contribution in [1.29, 1.82) is 5.26 Å². The Morgan fingerprint density at radius 2 is 1.83 bits per heavy atom. The van der Waals surface area contributed by atoms with E-state index in [9.17, 15) is 9.59 Å². The van der Waals surface area contributed by atoms with Crippen molar-refractivity contribution in [3.63, 3.8) is 0 Å². The standard InChI is InChI=1S/C21H20N4O4/c22-12-15-2-1-3-18(10-15)24-19(26)16-11-17(14-23-13-16)20(27)25-6-4-21(5-7-25)28-8-9-29-21/h1-3,10-11,13-14H,4-9H2,(H,24,26). The summed E-state index contributed by atoms with van der Waals surface area (Å²) in [7, 11) is 0. The summed E-state index contributed by atoms with van der Waals surface area (Å²) in [6.45, 7) is 2.23. The molecule has 8 heteroatoms. The Bertz CT molecular complexity index is 969. The van der Waals surface area contributed by atoms with Gasteiger partial charge in [-0.3, -0.25) is 14.6 Å². The lowest BCUT2D eigenvalue weighted by Crippen LogP contribution is -2.47. The van der Waals surface area contributed by atoms with Gasteiger partial charge >= 0.3 is 0 Å². The van der Waals surface area contributed by atoms with Crippen molar-refractivity contribution < 1.29 is 19.1 Å². The third-order valence-corrected chi connectivity index (χ3v) is 5.12. The van der Waals surface area contributed by atoms with Gasteiger partial charge in [-0.05, 0) is 24.3 Å². The molecule has 0 unspecified atom stereocenters. The molecule has 0 bridgehead atoms. The first-order chi connectivity index (χ1) is 14.1. The van der Waals surface area contributed by atoms with Gasteiger partial charge in [0.15, 0.2) is 5.79 Å². The van der Waals surface area contributed by atoms with Crippen molar-refractivity contribution in [1.82, 2.24) is 9.88 Å². The third kappa shape index (κ3) is 4.11. The van der Waals surface area contributed by atoms with Crippen LogP contribution >= 0.6 is 0 Å². The molecule has 2 aromatic rings. The Morgan fingerprint density at radius 1 is 1.10 bits per heavy atom. The number of ether oxygens (including phenoxy) is 2. The minimum Gasteiger partial charge on any atom is -0.347 e. The fourth-order valence-electron chi connectivity index (χ4n) is 3.57. The van der Waals surface area contributed by atoms with Crippen LogP contribution in [0.1, 0.15) is 39.1 Å². The third-order valence-electron chi connectivity index (χ3n) is 5.12. The number of benzene rings is 1. The van der Waals surface area contributed by atoms with Gasteiger partial charge in [0.05, 0.1) is 36.0 Å². The Hall–Kier alpha value is -3.28. The average molecular weight is 392 g/mol. The van der Waals surface area contributed by atoms with E-state index in [2.05, 4.69) is 10.3 Å². The zero-order chi connectivity index (χ0) is 20.3. The molecule has 29 heavy (non-hydrogen) atoms. The zero-order valence-corrected chi connectivity index (χ0v) is 15.8. The summed E-state index contributed by atoms with van der Waals surface area (Å²) in [4.78, 5) is 31.2. The molecular formula is C21H20N4O4. The first-order valence-corrected chi connectivity index (χ1v) is 9.42. The molecule has 2 saturated heterocycles. The van der Waals surface area contributed by atoms with Crippen LogP contribution in [0.5, 0.6) is 0 Å². The van der Waals surface area contributed by atoms with E-state index in [0.717, 1.165) is 0 Å². The highest BCUT2D eigenvalue weighted by atomic mass is 16.7. The van der Waals surface area contributed by atoms with Gasteiger partial charge in [-0.1, -0.05) is 6.07 Å².